The summed E-state index contributed by atoms with van der Waals surface area (Å²) in [6.45, 7) is 0. The van der Waals surface area contributed by atoms with Crippen molar-refractivity contribution >= 4 is 18.3 Å². The Morgan fingerprint density at radius 3 is 2.75 bits per heavy atom. The van der Waals surface area contributed by atoms with Gasteiger partial charge in [-0.25, -0.2) is 0 Å². The van der Waals surface area contributed by atoms with Crippen molar-refractivity contribution in [2.75, 3.05) is 7.05 Å². The van der Waals surface area contributed by atoms with E-state index in [1.807, 2.05) is 0 Å². The number of rotatable bonds is 1. The highest BCUT2D eigenvalue weighted by Crippen LogP contribution is 1.86. The first-order chi connectivity index (χ1) is 5.25. The lowest BCUT2D eigenvalue weighted by Crippen LogP contribution is -2.25. The minimum absolute atomic E-state index is 0. The molecule has 0 radical (unpaired) electrons. The van der Waals surface area contributed by atoms with E-state index in [2.05, 4.69) is 10.3 Å². The van der Waals surface area contributed by atoms with Crippen LogP contribution in [0.25, 0.3) is 0 Å². The van der Waals surface area contributed by atoms with E-state index in [4.69, 9.17) is 0 Å². The maximum atomic E-state index is 10.9. The molecule has 0 fully saturated rings. The number of carbonyl (C=O) groups is 1. The fourth-order valence-corrected chi connectivity index (χ4v) is 0.735. The maximum Gasteiger partial charge on any atom is 0.260 e. The molecule has 0 saturated carbocycles. The van der Waals surface area contributed by atoms with Gasteiger partial charge in [-0.05, 0) is 12.1 Å². The van der Waals surface area contributed by atoms with Crippen molar-refractivity contribution in [2.45, 2.75) is 0 Å². The lowest BCUT2D eigenvalue weighted by molar-refractivity contribution is 0.0961. The monoisotopic (exact) mass is 188 g/mol. The highest BCUT2D eigenvalue weighted by molar-refractivity contribution is 5.93. The average Bonchev–Trinajstić information content (AvgIpc) is 2.04. The van der Waals surface area contributed by atoms with Gasteiger partial charge in [-0.2, -0.15) is 0 Å². The summed E-state index contributed by atoms with van der Waals surface area (Å²) in [5.41, 5.74) is -0.234. The topological polar surface area (TPSA) is 62.0 Å². The summed E-state index contributed by atoms with van der Waals surface area (Å²) in [7, 11) is 1.48. The molecule has 2 N–H and O–H groups in total. The molecule has 0 atom stereocenters. The van der Waals surface area contributed by atoms with Crippen molar-refractivity contribution in [3.63, 3.8) is 0 Å². The summed E-state index contributed by atoms with van der Waals surface area (Å²) < 4.78 is 0. The van der Waals surface area contributed by atoms with E-state index in [0.717, 1.165) is 0 Å². The Labute approximate surface area is 75.4 Å². The van der Waals surface area contributed by atoms with E-state index in [-0.39, 0.29) is 29.4 Å². The Morgan fingerprint density at radius 1 is 1.58 bits per heavy atom. The van der Waals surface area contributed by atoms with Gasteiger partial charge in [0.25, 0.3) is 11.5 Å². The summed E-state index contributed by atoms with van der Waals surface area (Å²) in [5, 5.41) is 2.36. The van der Waals surface area contributed by atoms with Crippen LogP contribution in [-0.2, 0) is 0 Å². The molecule has 0 aliphatic heterocycles. The normalized spacial score (nSPS) is 8.42. The molecule has 1 rings (SSSR count). The lowest BCUT2D eigenvalue weighted by Gasteiger charge is -1.95. The molecule has 0 aliphatic rings. The number of aromatic amines is 1. The molecule has 0 bridgehead atoms. The number of pyridine rings is 1. The SMILES string of the molecule is CNC(=O)c1ccc[nH]c1=O.Cl. The van der Waals surface area contributed by atoms with Crippen molar-refractivity contribution in [3.05, 3.63) is 34.2 Å². The van der Waals surface area contributed by atoms with Gasteiger partial charge in [-0.15, -0.1) is 12.4 Å². The summed E-state index contributed by atoms with van der Waals surface area (Å²) in [6, 6.07) is 3.07. The molecule has 0 aromatic carbocycles. The Hall–Kier alpha value is -1.29. The van der Waals surface area contributed by atoms with Gasteiger partial charge in [0, 0.05) is 13.2 Å². The summed E-state index contributed by atoms with van der Waals surface area (Å²) in [6.07, 6.45) is 1.48. The molecule has 0 aliphatic carbocycles. The van der Waals surface area contributed by atoms with Crippen LogP contribution >= 0.6 is 12.4 Å². The predicted molar refractivity (Wildman–Crippen MR) is 47.7 cm³/mol. The molecule has 4 nitrogen and oxygen atoms in total. The van der Waals surface area contributed by atoms with Crippen LogP contribution in [0.15, 0.2) is 23.1 Å². The van der Waals surface area contributed by atoms with Gasteiger partial charge in [0.15, 0.2) is 0 Å². The van der Waals surface area contributed by atoms with E-state index < -0.39 is 0 Å². The Bertz CT molecular complexity index is 321. The van der Waals surface area contributed by atoms with Crippen LogP contribution in [0.2, 0.25) is 0 Å². The molecule has 66 valence electrons. The van der Waals surface area contributed by atoms with Crippen LogP contribution in [0.1, 0.15) is 10.4 Å². The first-order valence-electron chi connectivity index (χ1n) is 3.15. The number of aromatic nitrogens is 1. The fourth-order valence-electron chi connectivity index (χ4n) is 0.735. The number of H-pyrrole nitrogens is 1. The molecule has 1 aromatic rings. The third-order valence-corrected chi connectivity index (χ3v) is 1.29. The largest absolute Gasteiger partial charge is 0.355 e. The summed E-state index contributed by atoms with van der Waals surface area (Å²) in [5.74, 6) is -0.369. The van der Waals surface area contributed by atoms with Crippen LogP contribution in [-0.4, -0.2) is 17.9 Å². The Balaban J connectivity index is 0.00000121. The Kier molecular flexibility index (Phi) is 4.07. The highest BCUT2D eigenvalue weighted by atomic mass is 35.5. The quantitative estimate of drug-likeness (QED) is 0.660. The number of nitrogens with one attached hydrogen (secondary N) is 2. The van der Waals surface area contributed by atoms with Crippen molar-refractivity contribution < 1.29 is 4.79 Å². The molecular weight excluding hydrogens is 180 g/mol. The number of hydrogen-bond donors (Lipinski definition) is 2. The lowest BCUT2D eigenvalue weighted by atomic mass is 10.3. The number of hydrogen-bond acceptors (Lipinski definition) is 2. The number of halogens is 1. The minimum Gasteiger partial charge on any atom is -0.355 e. The zero-order valence-electron chi connectivity index (χ0n) is 6.46. The van der Waals surface area contributed by atoms with Crippen LogP contribution in [0, 0.1) is 0 Å². The number of amides is 1. The van der Waals surface area contributed by atoms with Gasteiger partial charge in [0.05, 0.1) is 0 Å². The van der Waals surface area contributed by atoms with Gasteiger partial charge in [-0.1, -0.05) is 0 Å². The van der Waals surface area contributed by atoms with Crippen molar-refractivity contribution in [1.29, 1.82) is 0 Å². The van der Waals surface area contributed by atoms with Crippen LogP contribution in [0.5, 0.6) is 0 Å². The second-order valence-corrected chi connectivity index (χ2v) is 1.99. The van der Waals surface area contributed by atoms with Crippen LogP contribution < -0.4 is 10.9 Å². The molecule has 0 spiro atoms. The fraction of sp³-hybridized carbons (Fsp3) is 0.143. The average molecular weight is 189 g/mol. The predicted octanol–water partition coefficient (Wildman–Crippen LogP) is 0.156. The van der Waals surface area contributed by atoms with E-state index in [1.165, 1.54) is 19.3 Å². The molecule has 12 heavy (non-hydrogen) atoms. The summed E-state index contributed by atoms with van der Waals surface area (Å²) in [4.78, 5) is 24.2. The second kappa shape index (κ2) is 4.56. The minimum atomic E-state index is -0.369. The van der Waals surface area contributed by atoms with Gasteiger partial charge in [0.2, 0.25) is 0 Å². The molecule has 1 aromatic heterocycles. The van der Waals surface area contributed by atoms with Gasteiger partial charge < -0.3 is 10.3 Å². The molecular formula is C7H9ClN2O2. The zero-order valence-corrected chi connectivity index (χ0v) is 7.27. The van der Waals surface area contributed by atoms with Crippen molar-refractivity contribution in [1.82, 2.24) is 10.3 Å². The summed E-state index contributed by atoms with van der Waals surface area (Å²) >= 11 is 0. The standard InChI is InChI=1S/C7H8N2O2.ClH/c1-8-6(10)5-3-2-4-9-7(5)11;/h2-4H,1H3,(H,8,10)(H,9,11);1H. The van der Waals surface area contributed by atoms with Crippen molar-refractivity contribution in [3.8, 4) is 0 Å². The highest BCUT2D eigenvalue weighted by Gasteiger charge is 2.05. The maximum absolute atomic E-state index is 10.9. The first-order valence-corrected chi connectivity index (χ1v) is 3.15. The van der Waals surface area contributed by atoms with Gasteiger partial charge in [-0.3, -0.25) is 9.59 Å². The first kappa shape index (κ1) is 10.7. The number of carbonyl (C=O) groups excluding carboxylic acids is 1. The van der Waals surface area contributed by atoms with Gasteiger partial charge in [0.1, 0.15) is 5.56 Å². The van der Waals surface area contributed by atoms with E-state index in [9.17, 15) is 9.59 Å². The van der Waals surface area contributed by atoms with Crippen LogP contribution in [0.4, 0.5) is 0 Å². The third kappa shape index (κ3) is 2.10. The molecule has 1 heterocycles. The second-order valence-electron chi connectivity index (χ2n) is 1.99. The van der Waals surface area contributed by atoms with E-state index >= 15 is 0 Å². The Morgan fingerprint density at radius 2 is 2.25 bits per heavy atom. The smallest absolute Gasteiger partial charge is 0.260 e. The third-order valence-electron chi connectivity index (χ3n) is 1.29. The van der Waals surface area contributed by atoms with E-state index in [1.54, 1.807) is 6.07 Å². The molecule has 1 amide bonds. The van der Waals surface area contributed by atoms with E-state index in [0.29, 0.717) is 0 Å². The van der Waals surface area contributed by atoms with Gasteiger partial charge >= 0.3 is 0 Å². The molecule has 0 unspecified atom stereocenters. The molecule has 5 heteroatoms. The molecule has 0 saturated heterocycles. The zero-order chi connectivity index (χ0) is 8.27. The van der Waals surface area contributed by atoms with Crippen molar-refractivity contribution in [2.24, 2.45) is 0 Å². The van der Waals surface area contributed by atoms with Crippen LogP contribution in [0.3, 0.4) is 0 Å².